The van der Waals surface area contributed by atoms with Crippen LogP contribution in [0.1, 0.15) is 12.2 Å². The number of hydrogen-bond acceptors (Lipinski definition) is 5. The molecule has 0 aliphatic carbocycles. The van der Waals surface area contributed by atoms with Crippen LogP contribution in [-0.4, -0.2) is 38.3 Å². The fraction of sp³-hybridized carbons (Fsp3) is 0.545. The number of carbonyl (C=O) groups excluding carboxylic acids is 1. The first-order valence-corrected chi connectivity index (χ1v) is 7.35. The molecule has 0 spiro atoms. The van der Waals surface area contributed by atoms with Crippen LogP contribution in [0, 0.1) is 0 Å². The van der Waals surface area contributed by atoms with Crippen molar-refractivity contribution in [2.24, 2.45) is 0 Å². The average Bonchev–Trinajstić information content (AvgIpc) is 2.68. The van der Waals surface area contributed by atoms with E-state index in [-0.39, 0.29) is 36.2 Å². The lowest BCUT2D eigenvalue weighted by Crippen LogP contribution is -2.46. The fourth-order valence-corrected chi connectivity index (χ4v) is 3.40. The summed E-state index contributed by atoms with van der Waals surface area (Å²) in [4.78, 5) is 11.7. The Morgan fingerprint density at radius 3 is 3.00 bits per heavy atom. The van der Waals surface area contributed by atoms with Crippen LogP contribution < -0.4 is 5.32 Å². The summed E-state index contributed by atoms with van der Waals surface area (Å²) >= 11 is 0. The SMILES string of the molecule is O=C(Cc1ccco1)CC1CS(=O)(=O)CCN1. The summed E-state index contributed by atoms with van der Waals surface area (Å²) in [7, 11) is -2.98. The van der Waals surface area contributed by atoms with Crippen LogP contribution in [0.3, 0.4) is 0 Å². The zero-order valence-corrected chi connectivity index (χ0v) is 10.2. The predicted octanol–water partition coefficient (Wildman–Crippen LogP) is 0.168. The Bertz CT molecular complexity index is 478. The molecule has 5 nitrogen and oxygen atoms in total. The van der Waals surface area contributed by atoms with Crippen molar-refractivity contribution >= 4 is 15.6 Å². The third kappa shape index (κ3) is 3.67. The molecule has 1 fully saturated rings. The lowest BCUT2D eigenvalue weighted by molar-refractivity contribution is -0.119. The van der Waals surface area contributed by atoms with Crippen molar-refractivity contribution in [3.63, 3.8) is 0 Å². The van der Waals surface area contributed by atoms with Gasteiger partial charge in [-0.3, -0.25) is 4.79 Å². The highest BCUT2D eigenvalue weighted by atomic mass is 32.2. The van der Waals surface area contributed by atoms with Crippen LogP contribution in [0.5, 0.6) is 0 Å². The van der Waals surface area contributed by atoms with E-state index in [1.165, 1.54) is 6.26 Å². The molecule has 17 heavy (non-hydrogen) atoms. The van der Waals surface area contributed by atoms with Crippen LogP contribution in [0.15, 0.2) is 22.8 Å². The van der Waals surface area contributed by atoms with Gasteiger partial charge in [-0.05, 0) is 12.1 Å². The van der Waals surface area contributed by atoms with Crippen molar-refractivity contribution in [3.8, 4) is 0 Å². The van der Waals surface area contributed by atoms with E-state index < -0.39 is 9.84 Å². The number of nitrogens with one attached hydrogen (secondary N) is 1. The van der Waals surface area contributed by atoms with Crippen molar-refractivity contribution in [2.75, 3.05) is 18.1 Å². The molecule has 0 bridgehead atoms. The Morgan fingerprint density at radius 2 is 2.35 bits per heavy atom. The maximum atomic E-state index is 11.7. The molecule has 6 heteroatoms. The molecule has 0 amide bonds. The third-order valence-electron chi connectivity index (χ3n) is 2.73. The number of rotatable bonds is 4. The summed E-state index contributed by atoms with van der Waals surface area (Å²) in [5, 5.41) is 3.05. The van der Waals surface area contributed by atoms with E-state index in [9.17, 15) is 13.2 Å². The molecule has 1 saturated heterocycles. The van der Waals surface area contributed by atoms with Crippen LogP contribution in [-0.2, 0) is 21.1 Å². The van der Waals surface area contributed by atoms with Gasteiger partial charge in [0.1, 0.15) is 11.5 Å². The summed E-state index contributed by atoms with van der Waals surface area (Å²) in [5.41, 5.74) is 0. The first-order valence-electron chi connectivity index (χ1n) is 5.53. The fourth-order valence-electron chi connectivity index (χ4n) is 1.95. The number of Topliss-reactive ketones (excluding diaryl/α,β-unsaturated/α-hetero) is 1. The zero-order chi connectivity index (χ0) is 12.3. The Balaban J connectivity index is 1.86. The lowest BCUT2D eigenvalue weighted by Gasteiger charge is -2.22. The van der Waals surface area contributed by atoms with Gasteiger partial charge < -0.3 is 9.73 Å². The first-order chi connectivity index (χ1) is 8.05. The molecule has 0 saturated carbocycles. The second-order valence-electron chi connectivity index (χ2n) is 4.26. The molecular weight excluding hydrogens is 242 g/mol. The number of ketones is 1. The van der Waals surface area contributed by atoms with Crippen molar-refractivity contribution < 1.29 is 17.6 Å². The molecule has 1 aliphatic rings. The maximum Gasteiger partial charge on any atom is 0.153 e. The van der Waals surface area contributed by atoms with E-state index in [0.29, 0.717) is 12.3 Å². The molecule has 1 unspecified atom stereocenters. The lowest BCUT2D eigenvalue weighted by atomic mass is 10.1. The molecular formula is C11H15NO4S. The molecule has 1 aliphatic heterocycles. The first kappa shape index (κ1) is 12.3. The monoisotopic (exact) mass is 257 g/mol. The predicted molar refractivity (Wildman–Crippen MR) is 62.5 cm³/mol. The number of hydrogen-bond donors (Lipinski definition) is 1. The van der Waals surface area contributed by atoms with E-state index >= 15 is 0 Å². The molecule has 1 atom stereocenters. The summed E-state index contributed by atoms with van der Waals surface area (Å²) in [6, 6.07) is 3.21. The Morgan fingerprint density at radius 1 is 1.53 bits per heavy atom. The molecule has 1 N–H and O–H groups in total. The summed E-state index contributed by atoms with van der Waals surface area (Å²) < 4.78 is 27.9. The molecule has 0 radical (unpaired) electrons. The van der Waals surface area contributed by atoms with Crippen molar-refractivity contribution in [1.29, 1.82) is 0 Å². The van der Waals surface area contributed by atoms with Crippen molar-refractivity contribution in [3.05, 3.63) is 24.2 Å². The van der Waals surface area contributed by atoms with Gasteiger partial charge in [-0.15, -0.1) is 0 Å². The third-order valence-corrected chi connectivity index (χ3v) is 4.46. The molecule has 1 aromatic heterocycles. The van der Waals surface area contributed by atoms with Crippen molar-refractivity contribution in [2.45, 2.75) is 18.9 Å². The minimum Gasteiger partial charge on any atom is -0.469 e. The minimum absolute atomic E-state index is 0.00505. The summed E-state index contributed by atoms with van der Waals surface area (Å²) in [5.74, 6) is 0.829. The molecule has 94 valence electrons. The summed E-state index contributed by atoms with van der Waals surface area (Å²) in [6.45, 7) is 0.432. The quantitative estimate of drug-likeness (QED) is 0.832. The van der Waals surface area contributed by atoms with E-state index in [4.69, 9.17) is 4.42 Å². The van der Waals surface area contributed by atoms with E-state index in [1.54, 1.807) is 12.1 Å². The van der Waals surface area contributed by atoms with Gasteiger partial charge in [-0.1, -0.05) is 0 Å². The van der Waals surface area contributed by atoms with Crippen LogP contribution in [0.4, 0.5) is 0 Å². The van der Waals surface area contributed by atoms with Crippen LogP contribution in [0.2, 0.25) is 0 Å². The van der Waals surface area contributed by atoms with Gasteiger partial charge in [-0.25, -0.2) is 8.42 Å². The van der Waals surface area contributed by atoms with E-state index in [1.807, 2.05) is 0 Å². The number of carbonyl (C=O) groups is 1. The van der Waals surface area contributed by atoms with E-state index in [0.717, 1.165) is 0 Å². The highest BCUT2D eigenvalue weighted by Crippen LogP contribution is 2.08. The number of furan rings is 1. The second kappa shape index (κ2) is 5.01. The van der Waals surface area contributed by atoms with Crippen LogP contribution in [0.25, 0.3) is 0 Å². The molecule has 0 aromatic carbocycles. The highest BCUT2D eigenvalue weighted by molar-refractivity contribution is 7.91. The van der Waals surface area contributed by atoms with Gasteiger partial charge in [0.2, 0.25) is 0 Å². The molecule has 2 rings (SSSR count). The average molecular weight is 257 g/mol. The number of sulfone groups is 1. The normalized spacial score (nSPS) is 23.4. The van der Waals surface area contributed by atoms with Gasteiger partial charge in [0.05, 0.1) is 24.2 Å². The second-order valence-corrected chi connectivity index (χ2v) is 6.49. The Kier molecular flexibility index (Phi) is 3.63. The Labute approximate surface area is 100 Å². The summed E-state index contributed by atoms with van der Waals surface area (Å²) in [6.07, 6.45) is 1.98. The standard InChI is InChI=1S/C11H15NO4S/c13-10(7-11-2-1-4-16-11)6-9-8-17(14,15)5-3-12-9/h1-2,4,9,12H,3,5-8H2. The van der Waals surface area contributed by atoms with Crippen LogP contribution >= 0.6 is 0 Å². The topological polar surface area (TPSA) is 76.4 Å². The van der Waals surface area contributed by atoms with Gasteiger partial charge in [0.15, 0.2) is 9.84 Å². The minimum atomic E-state index is -2.98. The van der Waals surface area contributed by atoms with E-state index in [2.05, 4.69) is 5.32 Å². The largest absolute Gasteiger partial charge is 0.469 e. The smallest absolute Gasteiger partial charge is 0.153 e. The highest BCUT2D eigenvalue weighted by Gasteiger charge is 2.25. The van der Waals surface area contributed by atoms with Gasteiger partial charge in [-0.2, -0.15) is 0 Å². The molecule has 1 aromatic rings. The Hall–Kier alpha value is -1.14. The maximum absolute atomic E-state index is 11.7. The van der Waals surface area contributed by atoms with Gasteiger partial charge in [0, 0.05) is 19.0 Å². The van der Waals surface area contributed by atoms with Gasteiger partial charge in [0.25, 0.3) is 0 Å². The van der Waals surface area contributed by atoms with Crippen molar-refractivity contribution in [1.82, 2.24) is 5.32 Å². The zero-order valence-electron chi connectivity index (χ0n) is 9.39. The molecule has 2 heterocycles. The van der Waals surface area contributed by atoms with Gasteiger partial charge >= 0.3 is 0 Å².